The molecule has 0 N–H and O–H groups in total. The molecule has 0 aliphatic rings. The van der Waals surface area contributed by atoms with Gasteiger partial charge in [-0.15, -0.1) is 0 Å². The minimum Gasteiger partial charge on any atom is -0.618 e. The molecule has 0 spiro atoms. The van der Waals surface area contributed by atoms with Gasteiger partial charge < -0.3 is 5.21 Å². The van der Waals surface area contributed by atoms with Gasteiger partial charge in [-0.25, -0.2) is 8.42 Å². The fourth-order valence-electron chi connectivity index (χ4n) is 1.82. The van der Waals surface area contributed by atoms with Crippen LogP contribution in [0.4, 0.5) is 0 Å². The topological polar surface area (TPSA) is 61.1 Å². The summed E-state index contributed by atoms with van der Waals surface area (Å²) < 4.78 is 24.7. The molecule has 100 valence electrons. The third kappa shape index (κ3) is 3.12. The van der Waals surface area contributed by atoms with Gasteiger partial charge in [-0.3, -0.25) is 0 Å². The van der Waals surface area contributed by atoms with Gasteiger partial charge in [0.2, 0.25) is 9.84 Å². The second-order valence-electron chi connectivity index (χ2n) is 4.29. The van der Waals surface area contributed by atoms with E-state index in [4.69, 9.17) is 0 Å². The van der Waals surface area contributed by atoms with Crippen molar-refractivity contribution in [1.82, 2.24) is 0 Å². The van der Waals surface area contributed by atoms with Gasteiger partial charge in [-0.2, -0.15) is 4.73 Å². The minimum atomic E-state index is -3.61. The first-order valence-electron chi connectivity index (χ1n) is 6.01. The standard InChI is InChI=1S/C14H15NO3S/c1-2-12-6-8-13(9-7-12)11-19(17,18)14-5-3-4-10-15(14)16/h3-10H,2,11H2,1H3. The van der Waals surface area contributed by atoms with Crippen molar-refractivity contribution in [2.24, 2.45) is 0 Å². The lowest BCUT2D eigenvalue weighted by Crippen LogP contribution is -2.33. The van der Waals surface area contributed by atoms with Crippen LogP contribution in [0, 0.1) is 5.21 Å². The predicted octanol–water partition coefficient (Wildman–Crippen LogP) is 1.86. The molecule has 0 aliphatic carbocycles. The number of pyridine rings is 1. The molecule has 0 atom stereocenters. The summed E-state index contributed by atoms with van der Waals surface area (Å²) in [6.07, 6.45) is 2.10. The molecule has 0 saturated heterocycles. The van der Waals surface area contributed by atoms with Crippen molar-refractivity contribution in [2.45, 2.75) is 24.1 Å². The second kappa shape index (κ2) is 5.40. The van der Waals surface area contributed by atoms with Gasteiger partial charge in [0.1, 0.15) is 0 Å². The Morgan fingerprint density at radius 2 is 1.68 bits per heavy atom. The normalized spacial score (nSPS) is 11.4. The largest absolute Gasteiger partial charge is 0.618 e. The van der Waals surface area contributed by atoms with E-state index in [0.717, 1.165) is 12.0 Å². The third-order valence-electron chi connectivity index (χ3n) is 2.90. The summed E-state index contributed by atoms with van der Waals surface area (Å²) in [5.41, 5.74) is 1.83. The van der Waals surface area contributed by atoms with E-state index in [1.807, 2.05) is 19.1 Å². The van der Waals surface area contributed by atoms with E-state index >= 15 is 0 Å². The van der Waals surface area contributed by atoms with Crippen molar-refractivity contribution in [2.75, 3.05) is 0 Å². The molecule has 1 heterocycles. The van der Waals surface area contributed by atoms with Gasteiger partial charge >= 0.3 is 5.03 Å². The van der Waals surface area contributed by atoms with Crippen molar-refractivity contribution >= 4 is 9.84 Å². The Morgan fingerprint density at radius 3 is 2.26 bits per heavy atom. The highest BCUT2D eigenvalue weighted by molar-refractivity contribution is 7.90. The predicted molar refractivity (Wildman–Crippen MR) is 72.1 cm³/mol. The monoisotopic (exact) mass is 277 g/mol. The zero-order valence-corrected chi connectivity index (χ0v) is 11.4. The molecular weight excluding hydrogens is 262 g/mol. The first kappa shape index (κ1) is 13.5. The van der Waals surface area contributed by atoms with E-state index in [0.29, 0.717) is 10.3 Å². The molecule has 0 unspecified atom stereocenters. The number of nitrogens with zero attached hydrogens (tertiary/aromatic N) is 1. The summed E-state index contributed by atoms with van der Waals surface area (Å²) in [4.78, 5) is 0. The van der Waals surface area contributed by atoms with E-state index in [2.05, 4.69) is 0 Å². The molecule has 4 nitrogen and oxygen atoms in total. The van der Waals surface area contributed by atoms with E-state index in [1.54, 1.807) is 18.2 Å². The first-order chi connectivity index (χ1) is 9.03. The molecule has 1 aromatic heterocycles. The van der Waals surface area contributed by atoms with Crippen LogP contribution in [0.1, 0.15) is 18.1 Å². The van der Waals surface area contributed by atoms with Crippen molar-refractivity contribution in [3.05, 3.63) is 65.0 Å². The molecule has 2 aromatic rings. The first-order valence-corrected chi connectivity index (χ1v) is 7.67. The smallest absolute Gasteiger partial charge is 0.308 e. The minimum absolute atomic E-state index is 0.163. The Balaban J connectivity index is 2.28. The fourth-order valence-corrected chi connectivity index (χ4v) is 3.22. The summed E-state index contributed by atoms with van der Waals surface area (Å²) in [6, 6.07) is 11.7. The van der Waals surface area contributed by atoms with Gasteiger partial charge in [0.15, 0.2) is 6.20 Å². The number of aryl methyl sites for hydroxylation is 1. The van der Waals surface area contributed by atoms with Gasteiger partial charge in [-0.1, -0.05) is 31.2 Å². The highest BCUT2D eigenvalue weighted by Gasteiger charge is 2.23. The molecule has 0 amide bonds. The SMILES string of the molecule is CCc1ccc(CS(=O)(=O)c2cccc[n+]2[O-])cc1. The summed E-state index contributed by atoms with van der Waals surface area (Å²) in [5.74, 6) is -0.163. The number of hydrogen-bond donors (Lipinski definition) is 0. The van der Waals surface area contributed by atoms with Crippen molar-refractivity contribution < 1.29 is 13.1 Å². The van der Waals surface area contributed by atoms with Crippen LogP contribution in [-0.4, -0.2) is 8.42 Å². The van der Waals surface area contributed by atoms with E-state index < -0.39 is 9.84 Å². The number of benzene rings is 1. The van der Waals surface area contributed by atoms with Crippen LogP contribution in [0.5, 0.6) is 0 Å². The highest BCUT2D eigenvalue weighted by Crippen LogP contribution is 2.14. The molecule has 0 radical (unpaired) electrons. The van der Waals surface area contributed by atoms with Crippen LogP contribution < -0.4 is 4.73 Å². The summed E-state index contributed by atoms with van der Waals surface area (Å²) in [7, 11) is -3.61. The van der Waals surface area contributed by atoms with Gasteiger partial charge in [0, 0.05) is 12.1 Å². The Bertz CT molecular complexity index is 663. The van der Waals surface area contributed by atoms with Crippen molar-refractivity contribution in [3.63, 3.8) is 0 Å². The van der Waals surface area contributed by atoms with E-state index in [-0.39, 0.29) is 10.8 Å². The molecule has 19 heavy (non-hydrogen) atoms. The Morgan fingerprint density at radius 1 is 1.05 bits per heavy atom. The second-order valence-corrected chi connectivity index (χ2v) is 6.23. The lowest BCUT2D eigenvalue weighted by molar-refractivity contribution is -0.646. The molecule has 1 aromatic carbocycles. The molecule has 0 fully saturated rings. The maximum atomic E-state index is 12.2. The molecule has 0 bridgehead atoms. The number of aromatic nitrogens is 1. The van der Waals surface area contributed by atoms with Gasteiger partial charge in [0.25, 0.3) is 0 Å². The Hall–Kier alpha value is -1.88. The van der Waals surface area contributed by atoms with Gasteiger partial charge in [0.05, 0.1) is 5.75 Å². The molecule has 5 heteroatoms. The van der Waals surface area contributed by atoms with Crippen molar-refractivity contribution in [3.8, 4) is 0 Å². The van der Waals surface area contributed by atoms with Gasteiger partial charge in [-0.05, 0) is 23.6 Å². The molecular formula is C14H15NO3S. The number of rotatable bonds is 4. The Labute approximate surface area is 112 Å². The maximum absolute atomic E-state index is 12.2. The number of hydrogen-bond acceptors (Lipinski definition) is 3. The third-order valence-corrected chi connectivity index (χ3v) is 4.56. The molecule has 0 aliphatic heterocycles. The van der Waals surface area contributed by atoms with Crippen LogP contribution in [0.25, 0.3) is 0 Å². The molecule has 0 saturated carbocycles. The van der Waals surface area contributed by atoms with Crippen LogP contribution in [0.15, 0.2) is 53.7 Å². The van der Waals surface area contributed by atoms with Crippen molar-refractivity contribution in [1.29, 1.82) is 0 Å². The van der Waals surface area contributed by atoms with Crippen LogP contribution in [0.2, 0.25) is 0 Å². The van der Waals surface area contributed by atoms with E-state index in [9.17, 15) is 13.6 Å². The average Bonchev–Trinajstić information content (AvgIpc) is 2.39. The zero-order chi connectivity index (χ0) is 13.9. The van der Waals surface area contributed by atoms with Crippen LogP contribution >= 0.6 is 0 Å². The highest BCUT2D eigenvalue weighted by atomic mass is 32.2. The maximum Gasteiger partial charge on any atom is 0.308 e. The zero-order valence-electron chi connectivity index (χ0n) is 10.6. The molecule has 2 rings (SSSR count). The summed E-state index contributed by atoms with van der Waals surface area (Å²) in [6.45, 7) is 2.04. The average molecular weight is 277 g/mol. The number of sulfone groups is 1. The Kier molecular flexibility index (Phi) is 3.85. The quantitative estimate of drug-likeness (QED) is 0.633. The lowest BCUT2D eigenvalue weighted by atomic mass is 10.1. The van der Waals surface area contributed by atoms with Crippen LogP contribution in [0.3, 0.4) is 0 Å². The lowest BCUT2D eigenvalue weighted by Gasteiger charge is -2.06. The summed E-state index contributed by atoms with van der Waals surface area (Å²) >= 11 is 0. The summed E-state index contributed by atoms with van der Waals surface area (Å²) in [5, 5.41) is 11.3. The van der Waals surface area contributed by atoms with E-state index in [1.165, 1.54) is 18.3 Å². The van der Waals surface area contributed by atoms with Crippen LogP contribution in [-0.2, 0) is 22.0 Å². The fraction of sp³-hybridized carbons (Fsp3) is 0.214.